The Morgan fingerprint density at radius 2 is 1.86 bits per heavy atom. The predicted octanol–water partition coefficient (Wildman–Crippen LogP) is -1.22. The molecule has 0 radical (unpaired) electrons. The van der Waals surface area contributed by atoms with Crippen molar-refractivity contribution < 1.29 is 51.2 Å². The summed E-state index contributed by atoms with van der Waals surface area (Å²) in [5.41, 5.74) is 6.47. The van der Waals surface area contributed by atoms with Crippen molar-refractivity contribution in [2.75, 3.05) is 19.9 Å². The molecule has 0 bridgehead atoms. The Labute approximate surface area is 164 Å². The summed E-state index contributed by atoms with van der Waals surface area (Å²) in [5.74, 6) is 1.08. The molecule has 3 aliphatic heterocycles. The van der Waals surface area contributed by atoms with Crippen molar-refractivity contribution in [1.82, 2.24) is 15.5 Å². The summed E-state index contributed by atoms with van der Waals surface area (Å²) in [4.78, 5) is 41.5. The van der Waals surface area contributed by atoms with E-state index in [1.807, 2.05) is 4.90 Å². The molecular formula is C10H20N5O11P3. The molecule has 1 fully saturated rings. The van der Waals surface area contributed by atoms with E-state index < -0.39 is 42.4 Å². The number of hydrogen-bond acceptors (Lipinski definition) is 12. The van der Waals surface area contributed by atoms with Gasteiger partial charge >= 0.3 is 23.5 Å². The zero-order valence-electron chi connectivity index (χ0n) is 14.7. The molecule has 8 N–H and O–H groups in total. The van der Waals surface area contributed by atoms with Crippen molar-refractivity contribution in [1.29, 1.82) is 0 Å². The van der Waals surface area contributed by atoms with Gasteiger partial charge in [-0.25, -0.2) is 18.7 Å². The fraction of sp³-hybridized carbons (Fsp3) is 0.700. The van der Waals surface area contributed by atoms with Crippen LogP contribution in [0.2, 0.25) is 0 Å². The number of phosphoric ester groups is 1. The molecule has 3 heterocycles. The topological polar surface area (TPSA) is 235 Å². The number of phosphoric acid groups is 3. The molecule has 19 heteroatoms. The summed E-state index contributed by atoms with van der Waals surface area (Å²) in [6, 6.07) is 0. The van der Waals surface area contributed by atoms with E-state index in [0.29, 0.717) is 37.7 Å². The first-order valence-electron chi connectivity index (χ1n) is 8.08. The number of aliphatic imine (C=N–C) groups is 1. The standard InChI is InChI=1S/C10H20N5O11P3/c11-9-8-10(13-4-12-9)15(5-14-8)7-2-1-6(24-7)3-23-28(19,20)26-29(21,22)25-27(16,17)18/h6-7,13-14H,1-5H2,(H2,11,12)(H,19,20)(H,21,22)(H2,16,17,18)/t6-,7+/m0/s1. The van der Waals surface area contributed by atoms with Gasteiger partial charge in [-0.1, -0.05) is 0 Å². The highest BCUT2D eigenvalue weighted by Crippen LogP contribution is 2.66. The predicted molar refractivity (Wildman–Crippen MR) is 94.2 cm³/mol. The molecule has 1 saturated heterocycles. The van der Waals surface area contributed by atoms with Crippen molar-refractivity contribution >= 4 is 29.3 Å². The van der Waals surface area contributed by atoms with E-state index in [1.54, 1.807) is 0 Å². The van der Waals surface area contributed by atoms with Gasteiger partial charge in [0.1, 0.15) is 30.3 Å². The minimum atomic E-state index is -5.54. The van der Waals surface area contributed by atoms with Gasteiger partial charge in [0.25, 0.3) is 0 Å². The lowest BCUT2D eigenvalue weighted by Gasteiger charge is -2.29. The van der Waals surface area contributed by atoms with Crippen molar-refractivity contribution in [3.63, 3.8) is 0 Å². The first-order valence-corrected chi connectivity index (χ1v) is 12.6. The molecule has 3 aliphatic rings. The van der Waals surface area contributed by atoms with Crippen LogP contribution < -0.4 is 16.4 Å². The molecule has 0 spiro atoms. The Morgan fingerprint density at radius 3 is 2.55 bits per heavy atom. The van der Waals surface area contributed by atoms with Crippen molar-refractivity contribution in [2.24, 2.45) is 10.7 Å². The zero-order chi connectivity index (χ0) is 21.4. The Bertz CT molecular complexity index is 858. The third kappa shape index (κ3) is 6.00. The summed E-state index contributed by atoms with van der Waals surface area (Å²) in [6.45, 7) is 0.233. The van der Waals surface area contributed by atoms with Crippen molar-refractivity contribution in [2.45, 2.75) is 25.2 Å². The molecule has 0 aromatic heterocycles. The van der Waals surface area contributed by atoms with Crippen LogP contribution in [0.15, 0.2) is 16.5 Å². The van der Waals surface area contributed by atoms with E-state index in [2.05, 4.69) is 28.8 Å². The Morgan fingerprint density at radius 1 is 1.14 bits per heavy atom. The van der Waals surface area contributed by atoms with Gasteiger partial charge in [0.2, 0.25) is 0 Å². The van der Waals surface area contributed by atoms with Crippen LogP contribution in [0.3, 0.4) is 0 Å². The van der Waals surface area contributed by atoms with E-state index in [0.717, 1.165) is 5.82 Å². The van der Waals surface area contributed by atoms with Gasteiger partial charge in [0.05, 0.1) is 19.4 Å². The molecular weight excluding hydrogens is 459 g/mol. The lowest BCUT2D eigenvalue weighted by molar-refractivity contribution is -0.0540. The van der Waals surface area contributed by atoms with E-state index in [9.17, 15) is 18.6 Å². The number of ether oxygens (including phenoxy) is 1. The highest BCUT2D eigenvalue weighted by atomic mass is 31.3. The van der Waals surface area contributed by atoms with Gasteiger partial charge in [-0.3, -0.25) is 4.52 Å². The van der Waals surface area contributed by atoms with Gasteiger partial charge in [-0.15, -0.1) is 0 Å². The monoisotopic (exact) mass is 479 g/mol. The molecule has 0 aromatic carbocycles. The van der Waals surface area contributed by atoms with Crippen LogP contribution in [0.25, 0.3) is 0 Å². The van der Waals surface area contributed by atoms with Crippen LogP contribution in [-0.2, 0) is 31.6 Å². The average Bonchev–Trinajstić information content (AvgIpc) is 3.16. The third-order valence-corrected chi connectivity index (χ3v) is 7.78. The van der Waals surface area contributed by atoms with Crippen LogP contribution in [0.1, 0.15) is 12.8 Å². The van der Waals surface area contributed by atoms with Gasteiger partial charge in [0, 0.05) is 0 Å². The first-order chi connectivity index (χ1) is 13.4. The minimum Gasteiger partial charge on any atom is -0.382 e. The SMILES string of the molecule is NC1=NCNC2=C1NCN2[C@H]1CC[C@@H](COP(=O)(O)OP(=O)(O)OP(=O)(O)O)O1. The smallest absolute Gasteiger partial charge is 0.382 e. The quantitative estimate of drug-likeness (QED) is 0.202. The molecule has 0 aliphatic carbocycles. The maximum absolute atomic E-state index is 11.8. The van der Waals surface area contributed by atoms with Crippen molar-refractivity contribution in [3.8, 4) is 0 Å². The van der Waals surface area contributed by atoms with E-state index >= 15 is 0 Å². The van der Waals surface area contributed by atoms with Crippen LogP contribution in [0.4, 0.5) is 0 Å². The maximum atomic E-state index is 11.8. The number of nitrogens with one attached hydrogen (secondary N) is 2. The second-order valence-corrected chi connectivity index (χ2v) is 10.5. The zero-order valence-corrected chi connectivity index (χ0v) is 17.3. The normalized spacial score (nSPS) is 28.8. The summed E-state index contributed by atoms with van der Waals surface area (Å²) >= 11 is 0. The van der Waals surface area contributed by atoms with Crippen molar-refractivity contribution in [3.05, 3.63) is 11.5 Å². The van der Waals surface area contributed by atoms with E-state index in [4.69, 9.17) is 25.2 Å². The lowest BCUT2D eigenvalue weighted by atomic mass is 10.2. The number of hydrogen-bond donors (Lipinski definition) is 7. The molecule has 0 aromatic rings. The van der Waals surface area contributed by atoms with Crippen LogP contribution in [0.5, 0.6) is 0 Å². The lowest BCUT2D eigenvalue weighted by Crippen LogP contribution is -2.40. The maximum Gasteiger partial charge on any atom is 0.490 e. The van der Waals surface area contributed by atoms with Gasteiger partial charge < -0.3 is 45.6 Å². The van der Waals surface area contributed by atoms with E-state index in [-0.39, 0.29) is 0 Å². The fourth-order valence-corrected chi connectivity index (χ4v) is 5.97. The average molecular weight is 479 g/mol. The second-order valence-electron chi connectivity index (χ2n) is 6.08. The number of amidine groups is 1. The molecule has 166 valence electrons. The molecule has 4 atom stereocenters. The highest BCUT2D eigenvalue weighted by molar-refractivity contribution is 7.66. The molecule has 16 nitrogen and oxygen atoms in total. The Hall–Kier alpha value is -1.02. The van der Waals surface area contributed by atoms with Crippen LogP contribution in [0, 0.1) is 0 Å². The second kappa shape index (κ2) is 8.25. The first kappa shape index (κ1) is 22.7. The van der Waals surface area contributed by atoms with Gasteiger partial charge in [0.15, 0.2) is 0 Å². The third-order valence-electron chi connectivity index (χ3n) is 3.97. The molecule has 3 rings (SSSR count). The summed E-state index contributed by atoms with van der Waals surface area (Å²) in [7, 11) is -16.2. The highest BCUT2D eigenvalue weighted by Gasteiger charge is 2.42. The van der Waals surface area contributed by atoms with E-state index in [1.165, 1.54) is 0 Å². The van der Waals surface area contributed by atoms with Crippen LogP contribution in [-0.4, -0.2) is 62.6 Å². The molecule has 2 unspecified atom stereocenters. The summed E-state index contributed by atoms with van der Waals surface area (Å²) in [6.07, 6.45) is -0.0721. The largest absolute Gasteiger partial charge is 0.490 e. The number of rotatable bonds is 8. The van der Waals surface area contributed by atoms with Gasteiger partial charge in [-0.2, -0.15) is 8.62 Å². The molecule has 29 heavy (non-hydrogen) atoms. The summed E-state index contributed by atoms with van der Waals surface area (Å²) < 4.78 is 51.3. The number of nitrogens with two attached hydrogens (primary N) is 1. The Kier molecular flexibility index (Phi) is 6.45. The fourth-order valence-electron chi connectivity index (χ4n) is 2.92. The minimum absolute atomic E-state index is 0.311. The Balaban J connectivity index is 1.52. The molecule has 0 saturated carbocycles. The van der Waals surface area contributed by atoms with Gasteiger partial charge in [-0.05, 0) is 12.8 Å². The number of nitrogens with zero attached hydrogens (tertiary/aromatic N) is 2. The molecule has 0 amide bonds. The summed E-state index contributed by atoms with van der Waals surface area (Å²) in [5, 5.41) is 6.16. The van der Waals surface area contributed by atoms with Crippen LogP contribution >= 0.6 is 23.5 Å².